The Labute approximate surface area is 159 Å². The first-order valence-corrected chi connectivity index (χ1v) is 11.2. The predicted octanol–water partition coefficient (Wildman–Crippen LogP) is 2.33. The number of nitrogens with one attached hydrogen (secondary N) is 2. The number of carbonyl (C=O) groups is 1. The van der Waals surface area contributed by atoms with Crippen LogP contribution in [0.15, 0.2) is 24.3 Å². The molecule has 2 aliphatic carbocycles. The summed E-state index contributed by atoms with van der Waals surface area (Å²) in [5, 5.41) is 5.80. The van der Waals surface area contributed by atoms with Gasteiger partial charge in [0.25, 0.3) is 0 Å². The normalized spacial score (nSPS) is 27.0. The van der Waals surface area contributed by atoms with Gasteiger partial charge in [0.2, 0.25) is 10.0 Å². The number of piperidine rings is 1. The van der Waals surface area contributed by atoms with Gasteiger partial charge in [-0.1, -0.05) is 12.1 Å². The fourth-order valence-electron chi connectivity index (χ4n) is 3.99. The summed E-state index contributed by atoms with van der Waals surface area (Å²) in [5.74, 6) is 0.134. The van der Waals surface area contributed by atoms with Gasteiger partial charge >= 0.3 is 6.03 Å². The van der Waals surface area contributed by atoms with Crippen molar-refractivity contribution < 1.29 is 17.6 Å². The molecule has 1 aromatic rings. The van der Waals surface area contributed by atoms with Crippen LogP contribution in [0, 0.1) is 5.82 Å². The SMILES string of the molecule is O=C(NC1CCN(S(=O)(=O)C2CC2)CC1)NC1CC(c2ccc(F)cc2)C1. The molecule has 2 saturated carbocycles. The smallest absolute Gasteiger partial charge is 0.315 e. The molecular formula is C19H26FN3O3S. The second-order valence-electron chi connectivity index (χ2n) is 7.95. The van der Waals surface area contributed by atoms with Gasteiger partial charge in [-0.2, -0.15) is 0 Å². The molecule has 1 aromatic carbocycles. The highest BCUT2D eigenvalue weighted by Crippen LogP contribution is 2.37. The number of sulfonamides is 1. The Morgan fingerprint density at radius 2 is 1.56 bits per heavy atom. The van der Waals surface area contributed by atoms with E-state index in [4.69, 9.17) is 0 Å². The number of amides is 2. The molecule has 2 N–H and O–H groups in total. The first-order valence-electron chi connectivity index (χ1n) is 9.73. The van der Waals surface area contributed by atoms with Gasteiger partial charge in [-0.3, -0.25) is 0 Å². The van der Waals surface area contributed by atoms with Gasteiger partial charge in [0.1, 0.15) is 5.82 Å². The number of nitrogens with zero attached hydrogens (tertiary/aromatic N) is 1. The number of rotatable bonds is 5. The molecule has 1 aliphatic heterocycles. The van der Waals surface area contributed by atoms with E-state index >= 15 is 0 Å². The number of hydrogen-bond donors (Lipinski definition) is 2. The van der Waals surface area contributed by atoms with Crippen molar-refractivity contribution in [3.63, 3.8) is 0 Å². The summed E-state index contributed by atoms with van der Waals surface area (Å²) in [6.07, 6.45) is 4.59. The van der Waals surface area contributed by atoms with Crippen molar-refractivity contribution in [1.82, 2.24) is 14.9 Å². The molecular weight excluding hydrogens is 369 g/mol. The van der Waals surface area contributed by atoms with Crippen molar-refractivity contribution >= 4 is 16.1 Å². The average Bonchev–Trinajstić information content (AvgIpc) is 3.45. The molecule has 1 heterocycles. The zero-order valence-corrected chi connectivity index (χ0v) is 16.1. The summed E-state index contributed by atoms with van der Waals surface area (Å²) in [4.78, 5) is 12.2. The number of halogens is 1. The lowest BCUT2D eigenvalue weighted by Crippen LogP contribution is -2.53. The summed E-state index contributed by atoms with van der Waals surface area (Å²) in [5.41, 5.74) is 1.11. The van der Waals surface area contributed by atoms with Crippen LogP contribution in [-0.2, 0) is 10.0 Å². The summed E-state index contributed by atoms with van der Waals surface area (Å²) in [6.45, 7) is 0.972. The van der Waals surface area contributed by atoms with Gasteiger partial charge in [-0.15, -0.1) is 0 Å². The van der Waals surface area contributed by atoms with Crippen LogP contribution in [0.2, 0.25) is 0 Å². The van der Waals surface area contributed by atoms with E-state index in [0.717, 1.165) is 31.2 Å². The van der Waals surface area contributed by atoms with Crippen LogP contribution in [0.25, 0.3) is 0 Å². The largest absolute Gasteiger partial charge is 0.335 e. The van der Waals surface area contributed by atoms with Crippen LogP contribution >= 0.6 is 0 Å². The average molecular weight is 396 g/mol. The van der Waals surface area contributed by atoms with Crippen molar-refractivity contribution in [3.05, 3.63) is 35.6 Å². The third-order valence-electron chi connectivity index (χ3n) is 5.91. The summed E-state index contributed by atoms with van der Waals surface area (Å²) < 4.78 is 39.0. The molecule has 6 nitrogen and oxygen atoms in total. The van der Waals surface area contributed by atoms with Crippen molar-refractivity contribution in [1.29, 1.82) is 0 Å². The van der Waals surface area contributed by atoms with Crippen LogP contribution in [0.4, 0.5) is 9.18 Å². The zero-order chi connectivity index (χ0) is 19.0. The quantitative estimate of drug-likeness (QED) is 0.803. The molecule has 3 fully saturated rings. The maximum atomic E-state index is 13.0. The second kappa shape index (κ2) is 7.39. The lowest BCUT2D eigenvalue weighted by Gasteiger charge is -2.37. The maximum Gasteiger partial charge on any atom is 0.315 e. The lowest BCUT2D eigenvalue weighted by atomic mass is 9.76. The van der Waals surface area contributed by atoms with E-state index in [2.05, 4.69) is 10.6 Å². The molecule has 8 heteroatoms. The van der Waals surface area contributed by atoms with Crippen LogP contribution in [0.5, 0.6) is 0 Å². The van der Waals surface area contributed by atoms with Crippen LogP contribution in [0.3, 0.4) is 0 Å². The van der Waals surface area contributed by atoms with E-state index in [-0.39, 0.29) is 29.2 Å². The number of benzene rings is 1. The van der Waals surface area contributed by atoms with Gasteiger partial charge in [-0.25, -0.2) is 21.9 Å². The molecule has 0 atom stereocenters. The molecule has 27 heavy (non-hydrogen) atoms. The highest BCUT2D eigenvalue weighted by atomic mass is 32.2. The van der Waals surface area contributed by atoms with Gasteiger partial charge in [0.15, 0.2) is 0 Å². The Morgan fingerprint density at radius 1 is 0.963 bits per heavy atom. The van der Waals surface area contributed by atoms with E-state index in [1.54, 1.807) is 16.4 Å². The Bertz CT molecular complexity index is 781. The summed E-state index contributed by atoms with van der Waals surface area (Å²) in [7, 11) is -3.11. The van der Waals surface area contributed by atoms with E-state index in [1.165, 1.54) is 12.1 Å². The molecule has 0 bridgehead atoms. The van der Waals surface area contributed by atoms with Gasteiger partial charge in [0.05, 0.1) is 5.25 Å². The van der Waals surface area contributed by atoms with Crippen molar-refractivity contribution in [2.24, 2.45) is 0 Å². The van der Waals surface area contributed by atoms with E-state index in [9.17, 15) is 17.6 Å². The number of urea groups is 1. The third-order valence-corrected chi connectivity index (χ3v) is 8.31. The molecule has 1 saturated heterocycles. The molecule has 4 rings (SSSR count). The fraction of sp³-hybridized carbons (Fsp3) is 0.632. The summed E-state index contributed by atoms with van der Waals surface area (Å²) in [6, 6.07) is 6.52. The molecule has 0 radical (unpaired) electrons. The Hall–Kier alpha value is -1.67. The molecule has 0 aromatic heterocycles. The van der Waals surface area contributed by atoms with E-state index < -0.39 is 10.0 Å². The molecule has 3 aliphatic rings. The molecule has 0 unspecified atom stereocenters. The standard InChI is InChI=1S/C19H26FN3O3S/c20-15-3-1-13(2-4-15)14-11-17(12-14)22-19(24)21-16-7-9-23(10-8-16)27(25,26)18-5-6-18/h1-4,14,16-18H,5-12H2,(H2,21,22,24). The molecule has 148 valence electrons. The van der Waals surface area contributed by atoms with E-state index in [1.807, 2.05) is 0 Å². The van der Waals surface area contributed by atoms with Gasteiger partial charge in [-0.05, 0) is 62.1 Å². The number of carbonyl (C=O) groups excluding carboxylic acids is 1. The zero-order valence-electron chi connectivity index (χ0n) is 15.2. The first-order chi connectivity index (χ1) is 12.9. The Balaban J connectivity index is 1.17. The van der Waals surface area contributed by atoms with E-state index in [0.29, 0.717) is 31.8 Å². The first kappa shape index (κ1) is 18.7. The molecule has 0 spiro atoms. The Morgan fingerprint density at radius 3 is 2.15 bits per heavy atom. The van der Waals surface area contributed by atoms with Crippen LogP contribution in [-0.4, -0.2) is 49.2 Å². The third kappa shape index (κ3) is 4.27. The topological polar surface area (TPSA) is 78.5 Å². The monoisotopic (exact) mass is 395 g/mol. The lowest BCUT2D eigenvalue weighted by molar-refractivity contribution is 0.211. The van der Waals surface area contributed by atoms with Crippen molar-refractivity contribution in [2.75, 3.05) is 13.1 Å². The van der Waals surface area contributed by atoms with Crippen LogP contribution < -0.4 is 10.6 Å². The summed E-state index contributed by atoms with van der Waals surface area (Å²) >= 11 is 0. The van der Waals surface area contributed by atoms with Gasteiger partial charge in [0, 0.05) is 25.2 Å². The maximum absolute atomic E-state index is 13.0. The minimum absolute atomic E-state index is 0.0172. The Kier molecular flexibility index (Phi) is 5.11. The highest BCUT2D eigenvalue weighted by molar-refractivity contribution is 7.90. The minimum atomic E-state index is -3.11. The van der Waals surface area contributed by atoms with Crippen LogP contribution in [0.1, 0.15) is 50.0 Å². The highest BCUT2D eigenvalue weighted by Gasteiger charge is 2.41. The predicted molar refractivity (Wildman–Crippen MR) is 100 cm³/mol. The molecule has 2 amide bonds. The number of hydrogen-bond acceptors (Lipinski definition) is 3. The van der Waals surface area contributed by atoms with Gasteiger partial charge < -0.3 is 10.6 Å². The fourth-order valence-corrected chi connectivity index (χ4v) is 5.86. The van der Waals surface area contributed by atoms with Crippen molar-refractivity contribution in [3.8, 4) is 0 Å². The van der Waals surface area contributed by atoms with Crippen molar-refractivity contribution in [2.45, 2.75) is 61.8 Å². The minimum Gasteiger partial charge on any atom is -0.335 e. The second-order valence-corrected chi connectivity index (χ2v) is 10.2.